The normalized spacial score (nSPS) is 11.5. The van der Waals surface area contributed by atoms with Gasteiger partial charge in [-0.3, -0.25) is 9.36 Å². The van der Waals surface area contributed by atoms with E-state index in [9.17, 15) is 4.79 Å². The first-order valence-corrected chi connectivity index (χ1v) is 5.68. The van der Waals surface area contributed by atoms with Crippen LogP contribution in [0.15, 0.2) is 43.0 Å². The van der Waals surface area contributed by atoms with E-state index in [1.54, 1.807) is 24.5 Å². The second-order valence-electron chi connectivity index (χ2n) is 4.41. The lowest BCUT2D eigenvalue weighted by Crippen LogP contribution is -2.33. The summed E-state index contributed by atoms with van der Waals surface area (Å²) in [4.78, 5) is 16.2. The number of imidazole rings is 1. The number of aromatic nitrogens is 2. The van der Waals surface area contributed by atoms with Gasteiger partial charge in [0.2, 0.25) is 5.91 Å². The Morgan fingerprint density at radius 1 is 1.29 bits per heavy atom. The zero-order chi connectivity index (χ0) is 12.5. The van der Waals surface area contributed by atoms with Crippen molar-refractivity contribution < 1.29 is 4.79 Å². The van der Waals surface area contributed by atoms with Gasteiger partial charge in [0.1, 0.15) is 6.33 Å². The molecule has 0 spiro atoms. The van der Waals surface area contributed by atoms with Gasteiger partial charge in [-0.25, -0.2) is 4.98 Å². The second kappa shape index (κ2) is 4.34. The molecule has 17 heavy (non-hydrogen) atoms. The molecule has 0 saturated carbocycles. The molecule has 1 heterocycles. The maximum atomic E-state index is 12.3. The molecule has 0 radical (unpaired) electrons. The third kappa shape index (κ3) is 2.24. The van der Waals surface area contributed by atoms with Crippen molar-refractivity contribution in [1.29, 1.82) is 0 Å². The number of rotatable bonds is 2. The maximum Gasteiger partial charge on any atom is 0.241 e. The molecule has 88 valence electrons. The highest BCUT2D eigenvalue weighted by atomic mass is 35.5. The Morgan fingerprint density at radius 3 is 2.47 bits per heavy atom. The predicted octanol–water partition coefficient (Wildman–Crippen LogP) is 3.15. The molecule has 4 heteroatoms. The summed E-state index contributed by atoms with van der Waals surface area (Å²) in [5, 5.41) is 0.666. The van der Waals surface area contributed by atoms with E-state index in [0.717, 1.165) is 5.56 Å². The molecule has 0 atom stereocenters. The third-order valence-corrected chi connectivity index (χ3v) is 3.09. The van der Waals surface area contributed by atoms with Crippen molar-refractivity contribution in [3.63, 3.8) is 0 Å². The van der Waals surface area contributed by atoms with Gasteiger partial charge in [0.25, 0.3) is 0 Å². The molecule has 0 aliphatic rings. The van der Waals surface area contributed by atoms with Crippen LogP contribution in [0.5, 0.6) is 0 Å². The molecule has 2 aromatic rings. The quantitative estimate of drug-likeness (QED) is 0.818. The molecule has 0 aliphatic carbocycles. The summed E-state index contributed by atoms with van der Waals surface area (Å²) < 4.78 is 1.49. The summed E-state index contributed by atoms with van der Waals surface area (Å²) in [6.45, 7) is 3.77. The van der Waals surface area contributed by atoms with Gasteiger partial charge in [-0.15, -0.1) is 0 Å². The molecule has 0 N–H and O–H groups in total. The molecule has 0 unspecified atom stereocenters. The Kier molecular flexibility index (Phi) is 3.03. The lowest BCUT2D eigenvalue weighted by molar-refractivity contribution is 0.0821. The highest BCUT2D eigenvalue weighted by molar-refractivity contribution is 6.30. The lowest BCUT2D eigenvalue weighted by Gasteiger charge is -2.23. The van der Waals surface area contributed by atoms with E-state index in [1.807, 2.05) is 26.0 Å². The SMILES string of the molecule is CC(C)(C(=O)n1ccnc1)c1ccc(Cl)cc1. The van der Waals surface area contributed by atoms with Crippen molar-refractivity contribution in [2.45, 2.75) is 19.3 Å². The Hall–Kier alpha value is -1.61. The Labute approximate surface area is 105 Å². The molecule has 0 saturated heterocycles. The van der Waals surface area contributed by atoms with Gasteiger partial charge >= 0.3 is 0 Å². The van der Waals surface area contributed by atoms with E-state index in [4.69, 9.17) is 11.6 Å². The Morgan fingerprint density at radius 2 is 1.94 bits per heavy atom. The number of carbonyl (C=O) groups excluding carboxylic acids is 1. The van der Waals surface area contributed by atoms with Crippen LogP contribution in [0.3, 0.4) is 0 Å². The number of hydrogen-bond acceptors (Lipinski definition) is 2. The lowest BCUT2D eigenvalue weighted by atomic mass is 9.83. The van der Waals surface area contributed by atoms with Gasteiger partial charge in [-0.2, -0.15) is 0 Å². The number of hydrogen-bond donors (Lipinski definition) is 0. The van der Waals surface area contributed by atoms with Crippen LogP contribution in [0.2, 0.25) is 5.02 Å². The van der Waals surface area contributed by atoms with Crippen LogP contribution in [-0.2, 0) is 5.41 Å². The van der Waals surface area contributed by atoms with Gasteiger partial charge < -0.3 is 0 Å². The van der Waals surface area contributed by atoms with Crippen molar-refractivity contribution in [2.75, 3.05) is 0 Å². The molecular weight excluding hydrogens is 236 g/mol. The van der Waals surface area contributed by atoms with E-state index in [0.29, 0.717) is 5.02 Å². The van der Waals surface area contributed by atoms with Crippen molar-refractivity contribution in [2.24, 2.45) is 0 Å². The molecule has 3 nitrogen and oxygen atoms in total. The van der Waals surface area contributed by atoms with Crippen molar-refractivity contribution in [3.05, 3.63) is 53.6 Å². The molecule has 0 fully saturated rings. The Bertz CT molecular complexity index is 515. The van der Waals surface area contributed by atoms with Gasteiger partial charge in [0.15, 0.2) is 0 Å². The fourth-order valence-electron chi connectivity index (χ4n) is 1.69. The summed E-state index contributed by atoms with van der Waals surface area (Å²) >= 11 is 5.84. The first kappa shape index (κ1) is 11.9. The van der Waals surface area contributed by atoms with Crippen LogP contribution in [-0.4, -0.2) is 15.5 Å². The predicted molar refractivity (Wildman–Crippen MR) is 67.3 cm³/mol. The molecular formula is C13H13ClN2O. The van der Waals surface area contributed by atoms with Crippen LogP contribution < -0.4 is 0 Å². The van der Waals surface area contributed by atoms with Crippen LogP contribution in [0, 0.1) is 0 Å². The van der Waals surface area contributed by atoms with Gasteiger partial charge in [0.05, 0.1) is 5.41 Å². The summed E-state index contributed by atoms with van der Waals surface area (Å²) in [7, 11) is 0. The standard InChI is InChI=1S/C13H13ClN2O/c1-13(2,10-3-5-11(14)6-4-10)12(17)16-8-7-15-9-16/h3-9H,1-2H3. The zero-order valence-corrected chi connectivity index (χ0v) is 10.5. The van der Waals surface area contributed by atoms with Crippen LogP contribution >= 0.6 is 11.6 Å². The number of nitrogens with zero attached hydrogens (tertiary/aromatic N) is 2. The smallest absolute Gasteiger partial charge is 0.241 e. The van der Waals surface area contributed by atoms with Gasteiger partial charge in [-0.1, -0.05) is 23.7 Å². The average molecular weight is 249 g/mol. The number of benzene rings is 1. The summed E-state index contributed by atoms with van der Waals surface area (Å²) in [6, 6.07) is 7.33. The first-order chi connectivity index (χ1) is 8.01. The van der Waals surface area contributed by atoms with E-state index in [2.05, 4.69) is 4.98 Å². The maximum absolute atomic E-state index is 12.3. The second-order valence-corrected chi connectivity index (χ2v) is 4.84. The monoisotopic (exact) mass is 248 g/mol. The summed E-state index contributed by atoms with van der Waals surface area (Å²) in [5.41, 5.74) is 0.325. The average Bonchev–Trinajstić information content (AvgIpc) is 2.82. The molecule has 2 rings (SSSR count). The third-order valence-electron chi connectivity index (χ3n) is 2.84. The highest BCUT2D eigenvalue weighted by Crippen LogP contribution is 2.26. The fraction of sp³-hybridized carbons (Fsp3) is 0.231. The molecule has 0 aliphatic heterocycles. The Balaban J connectivity index is 2.36. The van der Waals surface area contributed by atoms with Crippen molar-refractivity contribution >= 4 is 17.5 Å². The highest BCUT2D eigenvalue weighted by Gasteiger charge is 2.30. The topological polar surface area (TPSA) is 34.9 Å². The number of halogens is 1. The summed E-state index contributed by atoms with van der Waals surface area (Å²) in [6.07, 6.45) is 4.76. The largest absolute Gasteiger partial charge is 0.276 e. The van der Waals surface area contributed by atoms with Gasteiger partial charge in [-0.05, 0) is 31.5 Å². The molecule has 0 bridgehead atoms. The number of carbonyl (C=O) groups is 1. The fourth-order valence-corrected chi connectivity index (χ4v) is 1.82. The van der Waals surface area contributed by atoms with Gasteiger partial charge in [0, 0.05) is 17.4 Å². The van der Waals surface area contributed by atoms with Crippen LogP contribution in [0.25, 0.3) is 0 Å². The minimum absolute atomic E-state index is 0.0164. The first-order valence-electron chi connectivity index (χ1n) is 5.30. The molecule has 1 aromatic carbocycles. The van der Waals surface area contributed by atoms with Crippen LogP contribution in [0.1, 0.15) is 24.2 Å². The van der Waals surface area contributed by atoms with E-state index >= 15 is 0 Å². The van der Waals surface area contributed by atoms with E-state index in [1.165, 1.54) is 10.9 Å². The minimum atomic E-state index is -0.606. The van der Waals surface area contributed by atoms with Crippen molar-refractivity contribution in [1.82, 2.24) is 9.55 Å². The minimum Gasteiger partial charge on any atom is -0.276 e. The molecule has 0 amide bonds. The zero-order valence-electron chi connectivity index (χ0n) is 9.72. The summed E-state index contributed by atoms with van der Waals surface area (Å²) in [5.74, 6) is -0.0164. The van der Waals surface area contributed by atoms with Crippen LogP contribution in [0.4, 0.5) is 0 Å². The van der Waals surface area contributed by atoms with Crippen molar-refractivity contribution in [3.8, 4) is 0 Å². The van der Waals surface area contributed by atoms with E-state index < -0.39 is 5.41 Å². The van der Waals surface area contributed by atoms with E-state index in [-0.39, 0.29) is 5.91 Å². The molecule has 1 aromatic heterocycles.